The summed E-state index contributed by atoms with van der Waals surface area (Å²) >= 11 is 0. The minimum Gasteiger partial charge on any atom is -0.497 e. The highest BCUT2D eigenvalue weighted by atomic mass is 16.6. The van der Waals surface area contributed by atoms with Gasteiger partial charge in [0, 0.05) is 6.07 Å². The average Bonchev–Trinajstić information content (AvgIpc) is 2.83. The van der Waals surface area contributed by atoms with Gasteiger partial charge in [0.15, 0.2) is 12.4 Å². The quantitative estimate of drug-likeness (QED) is 0.174. The fourth-order valence-electron chi connectivity index (χ4n) is 2.64. The fourth-order valence-corrected chi connectivity index (χ4v) is 2.64. The number of ether oxygens (including phenoxy) is 3. The number of para-hydroxylation sites is 2. The van der Waals surface area contributed by atoms with Crippen LogP contribution < -0.4 is 19.6 Å². The molecule has 0 aliphatic carbocycles. The SMILES string of the molecule is COc1ccc(C(=O)Oc2cccc(C=NNC(=O)COc3ccccc3[N+](=O)[O-])c2)cc1. The number of nitrogens with zero attached hydrogens (tertiary/aromatic N) is 2. The third kappa shape index (κ3) is 6.62. The number of hydrogen-bond acceptors (Lipinski definition) is 8. The summed E-state index contributed by atoms with van der Waals surface area (Å²) in [5.41, 5.74) is 2.95. The van der Waals surface area contributed by atoms with Crippen LogP contribution in [0.1, 0.15) is 15.9 Å². The molecule has 0 heterocycles. The maximum atomic E-state index is 12.3. The molecule has 0 saturated heterocycles. The van der Waals surface area contributed by atoms with Crippen LogP contribution in [0.5, 0.6) is 17.2 Å². The summed E-state index contributed by atoms with van der Waals surface area (Å²) in [7, 11) is 1.53. The zero-order valence-electron chi connectivity index (χ0n) is 17.5. The van der Waals surface area contributed by atoms with E-state index in [-0.39, 0.29) is 11.4 Å². The molecule has 0 radical (unpaired) electrons. The molecule has 0 aliphatic rings. The number of amides is 1. The second kappa shape index (κ2) is 11.0. The lowest BCUT2D eigenvalue weighted by Gasteiger charge is -2.06. The third-order valence-corrected chi connectivity index (χ3v) is 4.22. The smallest absolute Gasteiger partial charge is 0.343 e. The van der Waals surface area contributed by atoms with Gasteiger partial charge in [-0.3, -0.25) is 14.9 Å². The van der Waals surface area contributed by atoms with Gasteiger partial charge in [0.05, 0.1) is 23.8 Å². The standard InChI is InChI=1S/C23H19N3O7/c1-31-18-11-9-17(10-12-18)23(28)33-19-6-4-5-16(13-19)14-24-25-22(27)15-32-21-8-3-2-7-20(21)26(29)30/h2-14H,15H2,1H3,(H,25,27). The van der Waals surface area contributed by atoms with Gasteiger partial charge >= 0.3 is 11.7 Å². The number of rotatable bonds is 9. The van der Waals surface area contributed by atoms with Crippen molar-refractivity contribution in [3.8, 4) is 17.2 Å². The summed E-state index contributed by atoms with van der Waals surface area (Å²) in [4.78, 5) is 34.5. The Bertz CT molecular complexity index is 1180. The largest absolute Gasteiger partial charge is 0.497 e. The first-order valence-electron chi connectivity index (χ1n) is 9.60. The first-order valence-corrected chi connectivity index (χ1v) is 9.60. The fraction of sp³-hybridized carbons (Fsp3) is 0.0870. The molecule has 0 bridgehead atoms. The maximum Gasteiger partial charge on any atom is 0.343 e. The first kappa shape index (κ1) is 22.9. The van der Waals surface area contributed by atoms with E-state index in [4.69, 9.17) is 14.2 Å². The van der Waals surface area contributed by atoms with Crippen LogP contribution in [-0.4, -0.2) is 36.7 Å². The minimum atomic E-state index is -0.605. The number of esters is 1. The summed E-state index contributed by atoms with van der Waals surface area (Å²) in [6.07, 6.45) is 1.35. The van der Waals surface area contributed by atoms with Crippen LogP contribution in [0, 0.1) is 10.1 Å². The number of hydrogen-bond donors (Lipinski definition) is 1. The average molecular weight is 449 g/mol. The molecule has 1 N–H and O–H groups in total. The Balaban J connectivity index is 1.53. The van der Waals surface area contributed by atoms with E-state index in [1.54, 1.807) is 54.6 Å². The Morgan fingerprint density at radius 3 is 2.52 bits per heavy atom. The van der Waals surface area contributed by atoms with Crippen LogP contribution in [0.15, 0.2) is 77.9 Å². The van der Waals surface area contributed by atoms with E-state index in [9.17, 15) is 19.7 Å². The van der Waals surface area contributed by atoms with Gasteiger partial charge in [0.25, 0.3) is 5.91 Å². The van der Waals surface area contributed by atoms with Gasteiger partial charge in [0.1, 0.15) is 11.5 Å². The predicted octanol–water partition coefficient (Wildman–Crippen LogP) is 3.35. The molecule has 1 amide bonds. The highest BCUT2D eigenvalue weighted by Crippen LogP contribution is 2.25. The minimum absolute atomic E-state index is 0.0204. The molecule has 10 heteroatoms. The van der Waals surface area contributed by atoms with Crippen LogP contribution in [0.2, 0.25) is 0 Å². The van der Waals surface area contributed by atoms with Crippen molar-refractivity contribution in [3.05, 3.63) is 94.0 Å². The molecule has 3 aromatic rings. The van der Waals surface area contributed by atoms with Crippen molar-refractivity contribution in [2.24, 2.45) is 5.10 Å². The molecule has 0 spiro atoms. The van der Waals surface area contributed by atoms with Crippen molar-refractivity contribution < 1.29 is 28.7 Å². The zero-order valence-corrected chi connectivity index (χ0v) is 17.5. The molecule has 0 fully saturated rings. The Kier molecular flexibility index (Phi) is 7.68. The number of nitrogens with one attached hydrogen (secondary N) is 1. The second-order valence-corrected chi connectivity index (χ2v) is 6.50. The highest BCUT2D eigenvalue weighted by Gasteiger charge is 2.14. The molecular weight excluding hydrogens is 430 g/mol. The number of nitro groups is 1. The Morgan fingerprint density at radius 2 is 1.79 bits per heavy atom. The highest BCUT2D eigenvalue weighted by molar-refractivity contribution is 5.91. The number of nitro benzene ring substituents is 1. The Hall–Kier alpha value is -4.73. The monoisotopic (exact) mass is 449 g/mol. The summed E-state index contributed by atoms with van der Waals surface area (Å²) in [6.45, 7) is -0.457. The molecule has 0 aliphatic heterocycles. The molecular formula is C23H19N3O7. The van der Waals surface area contributed by atoms with E-state index in [1.807, 2.05) is 0 Å². The number of carbonyl (C=O) groups is 2. The van der Waals surface area contributed by atoms with E-state index >= 15 is 0 Å². The van der Waals surface area contributed by atoms with E-state index in [2.05, 4.69) is 10.5 Å². The van der Waals surface area contributed by atoms with Crippen LogP contribution >= 0.6 is 0 Å². The number of benzene rings is 3. The van der Waals surface area contributed by atoms with Crippen LogP contribution in [-0.2, 0) is 4.79 Å². The first-order chi connectivity index (χ1) is 16.0. The van der Waals surface area contributed by atoms with Gasteiger partial charge in [-0.1, -0.05) is 24.3 Å². The van der Waals surface area contributed by atoms with Gasteiger partial charge in [-0.2, -0.15) is 5.10 Å². The molecule has 33 heavy (non-hydrogen) atoms. The van der Waals surface area contributed by atoms with Crippen molar-refractivity contribution in [1.82, 2.24) is 5.43 Å². The summed E-state index contributed by atoms with van der Waals surface area (Å²) < 4.78 is 15.6. The van der Waals surface area contributed by atoms with Crippen molar-refractivity contribution in [3.63, 3.8) is 0 Å². The number of carbonyl (C=O) groups excluding carboxylic acids is 2. The molecule has 0 unspecified atom stereocenters. The van der Waals surface area contributed by atoms with Gasteiger partial charge < -0.3 is 14.2 Å². The lowest BCUT2D eigenvalue weighted by molar-refractivity contribution is -0.385. The molecule has 10 nitrogen and oxygen atoms in total. The van der Waals surface area contributed by atoms with Crippen LogP contribution in [0.25, 0.3) is 0 Å². The van der Waals surface area contributed by atoms with Crippen molar-refractivity contribution in [2.75, 3.05) is 13.7 Å². The molecule has 3 aromatic carbocycles. The van der Waals surface area contributed by atoms with Crippen molar-refractivity contribution in [1.29, 1.82) is 0 Å². The van der Waals surface area contributed by atoms with E-state index in [0.29, 0.717) is 22.6 Å². The summed E-state index contributed by atoms with van der Waals surface area (Å²) in [5, 5.41) is 14.8. The lowest BCUT2D eigenvalue weighted by Crippen LogP contribution is -2.24. The molecule has 0 atom stereocenters. The Labute approximate surface area is 188 Å². The van der Waals surface area contributed by atoms with Gasteiger partial charge in [-0.05, 0) is 48.0 Å². The van der Waals surface area contributed by atoms with E-state index in [0.717, 1.165) is 0 Å². The van der Waals surface area contributed by atoms with Gasteiger partial charge in [-0.15, -0.1) is 0 Å². The molecule has 0 aromatic heterocycles. The lowest BCUT2D eigenvalue weighted by atomic mass is 10.2. The number of hydrazone groups is 1. The van der Waals surface area contributed by atoms with Crippen molar-refractivity contribution in [2.45, 2.75) is 0 Å². The van der Waals surface area contributed by atoms with Crippen LogP contribution in [0.4, 0.5) is 5.69 Å². The molecule has 3 rings (SSSR count). The number of methoxy groups -OCH3 is 1. The third-order valence-electron chi connectivity index (χ3n) is 4.22. The molecule has 0 saturated carbocycles. The zero-order chi connectivity index (χ0) is 23.6. The second-order valence-electron chi connectivity index (χ2n) is 6.50. The Morgan fingerprint density at radius 1 is 1.03 bits per heavy atom. The normalized spacial score (nSPS) is 10.5. The van der Waals surface area contributed by atoms with Crippen LogP contribution in [0.3, 0.4) is 0 Å². The van der Waals surface area contributed by atoms with E-state index in [1.165, 1.54) is 31.5 Å². The van der Waals surface area contributed by atoms with Gasteiger partial charge in [-0.25, -0.2) is 10.2 Å². The molecule has 168 valence electrons. The van der Waals surface area contributed by atoms with Crippen molar-refractivity contribution >= 4 is 23.8 Å². The van der Waals surface area contributed by atoms with E-state index < -0.39 is 23.4 Å². The summed E-state index contributed by atoms with van der Waals surface area (Å²) in [5.74, 6) is -0.239. The summed E-state index contributed by atoms with van der Waals surface area (Å²) in [6, 6.07) is 18.8. The predicted molar refractivity (Wildman–Crippen MR) is 119 cm³/mol. The van der Waals surface area contributed by atoms with Gasteiger partial charge in [0.2, 0.25) is 0 Å². The topological polar surface area (TPSA) is 129 Å². The maximum absolute atomic E-state index is 12.3.